The molecule has 1 aromatic heterocycles. The van der Waals surface area contributed by atoms with Crippen LogP contribution in [0.2, 0.25) is 0 Å². The Morgan fingerprint density at radius 2 is 2.05 bits per heavy atom. The van der Waals surface area contributed by atoms with E-state index in [4.69, 9.17) is 0 Å². The topological polar surface area (TPSA) is 58.1 Å². The fraction of sp³-hybridized carbons (Fsp3) is 0.357. The lowest BCUT2D eigenvalue weighted by atomic mass is 10.2. The third-order valence-corrected chi connectivity index (χ3v) is 3.44. The molecule has 1 aromatic carbocycles. The predicted octanol–water partition coefficient (Wildman–Crippen LogP) is 1.66. The van der Waals surface area contributed by atoms with Gasteiger partial charge in [0, 0.05) is 23.9 Å². The predicted molar refractivity (Wildman–Crippen MR) is 73.8 cm³/mol. The Morgan fingerprint density at radius 1 is 1.26 bits per heavy atom. The van der Waals surface area contributed by atoms with Gasteiger partial charge < -0.3 is 10.2 Å². The maximum absolute atomic E-state index is 12.0. The number of aromatic nitrogens is 2. The van der Waals surface area contributed by atoms with Crippen molar-refractivity contribution in [2.45, 2.75) is 12.8 Å². The Balaban J connectivity index is 1.73. The standard InChI is InChI=1S/C14H16N4O/c19-13(18-7-3-4-8-18)10-15-14-12-6-2-1-5-11(12)9-16-17-14/h1-2,5-6,9H,3-4,7-8,10H2,(H,15,17). The molecule has 0 bridgehead atoms. The van der Waals surface area contributed by atoms with Crippen LogP contribution in [0, 0.1) is 0 Å². The third-order valence-electron chi connectivity index (χ3n) is 3.44. The maximum atomic E-state index is 12.0. The highest BCUT2D eigenvalue weighted by atomic mass is 16.2. The van der Waals surface area contributed by atoms with E-state index in [1.165, 1.54) is 0 Å². The molecule has 5 heteroatoms. The van der Waals surface area contributed by atoms with E-state index in [2.05, 4.69) is 15.5 Å². The fourth-order valence-electron chi connectivity index (χ4n) is 2.40. The van der Waals surface area contributed by atoms with Crippen molar-refractivity contribution in [1.29, 1.82) is 0 Å². The highest BCUT2D eigenvalue weighted by molar-refractivity contribution is 5.92. The third kappa shape index (κ3) is 2.50. The van der Waals surface area contributed by atoms with Crippen molar-refractivity contribution < 1.29 is 4.79 Å². The van der Waals surface area contributed by atoms with Gasteiger partial charge in [-0.2, -0.15) is 5.10 Å². The molecule has 1 saturated heterocycles. The van der Waals surface area contributed by atoms with Crippen LogP contribution in [0.1, 0.15) is 12.8 Å². The second-order valence-corrected chi connectivity index (χ2v) is 4.72. The minimum atomic E-state index is 0.132. The molecule has 2 heterocycles. The van der Waals surface area contributed by atoms with Gasteiger partial charge in [0.25, 0.3) is 0 Å². The smallest absolute Gasteiger partial charge is 0.241 e. The van der Waals surface area contributed by atoms with Crippen LogP contribution in [0.5, 0.6) is 0 Å². The van der Waals surface area contributed by atoms with Crippen molar-refractivity contribution in [3.05, 3.63) is 30.5 Å². The van der Waals surface area contributed by atoms with Crippen molar-refractivity contribution in [2.75, 3.05) is 25.0 Å². The molecule has 0 spiro atoms. The zero-order valence-corrected chi connectivity index (χ0v) is 10.7. The van der Waals surface area contributed by atoms with E-state index in [9.17, 15) is 4.79 Å². The molecule has 1 fully saturated rings. The van der Waals surface area contributed by atoms with Gasteiger partial charge in [-0.25, -0.2) is 0 Å². The lowest BCUT2D eigenvalue weighted by Crippen LogP contribution is -2.33. The Labute approximate surface area is 111 Å². The number of amides is 1. The van der Waals surface area contributed by atoms with Crippen LogP contribution in [0.3, 0.4) is 0 Å². The molecule has 1 N–H and O–H groups in total. The molecule has 3 rings (SSSR count). The minimum Gasteiger partial charge on any atom is -0.359 e. The van der Waals surface area contributed by atoms with E-state index in [-0.39, 0.29) is 12.5 Å². The van der Waals surface area contributed by atoms with E-state index >= 15 is 0 Å². The first-order chi connectivity index (χ1) is 9.34. The van der Waals surface area contributed by atoms with Gasteiger partial charge in [0.15, 0.2) is 5.82 Å². The van der Waals surface area contributed by atoms with Gasteiger partial charge in [0.1, 0.15) is 0 Å². The van der Waals surface area contributed by atoms with Crippen LogP contribution in [0.15, 0.2) is 30.5 Å². The summed E-state index contributed by atoms with van der Waals surface area (Å²) in [5.41, 5.74) is 0. The van der Waals surface area contributed by atoms with Crippen LogP contribution < -0.4 is 5.32 Å². The van der Waals surface area contributed by atoms with Gasteiger partial charge in [0.05, 0.1) is 12.7 Å². The number of anilines is 1. The van der Waals surface area contributed by atoms with Crippen LogP contribution in [0.4, 0.5) is 5.82 Å². The summed E-state index contributed by atoms with van der Waals surface area (Å²) >= 11 is 0. The van der Waals surface area contributed by atoms with Gasteiger partial charge in [0.2, 0.25) is 5.91 Å². The molecule has 2 aromatic rings. The first kappa shape index (κ1) is 11.9. The molecule has 1 amide bonds. The van der Waals surface area contributed by atoms with Crippen LogP contribution >= 0.6 is 0 Å². The van der Waals surface area contributed by atoms with E-state index in [1.807, 2.05) is 29.2 Å². The lowest BCUT2D eigenvalue weighted by molar-refractivity contribution is -0.128. The van der Waals surface area contributed by atoms with Crippen LogP contribution in [-0.2, 0) is 4.79 Å². The summed E-state index contributed by atoms with van der Waals surface area (Å²) in [6.07, 6.45) is 3.95. The molecule has 5 nitrogen and oxygen atoms in total. The van der Waals surface area contributed by atoms with Gasteiger partial charge >= 0.3 is 0 Å². The Kier molecular flexibility index (Phi) is 3.27. The van der Waals surface area contributed by atoms with Gasteiger partial charge in [-0.1, -0.05) is 24.3 Å². The van der Waals surface area contributed by atoms with E-state index in [0.717, 1.165) is 36.7 Å². The highest BCUT2D eigenvalue weighted by Gasteiger charge is 2.17. The number of hydrogen-bond donors (Lipinski definition) is 1. The summed E-state index contributed by atoms with van der Waals surface area (Å²) < 4.78 is 0. The van der Waals surface area contributed by atoms with Crippen LogP contribution in [0.25, 0.3) is 10.8 Å². The number of fused-ring (bicyclic) bond motifs is 1. The Morgan fingerprint density at radius 3 is 2.89 bits per heavy atom. The monoisotopic (exact) mass is 256 g/mol. The van der Waals surface area contributed by atoms with E-state index in [1.54, 1.807) is 6.20 Å². The van der Waals surface area contributed by atoms with E-state index in [0.29, 0.717) is 5.82 Å². The van der Waals surface area contributed by atoms with Crippen molar-refractivity contribution in [1.82, 2.24) is 15.1 Å². The summed E-state index contributed by atoms with van der Waals surface area (Å²) in [6.45, 7) is 2.03. The summed E-state index contributed by atoms with van der Waals surface area (Å²) in [4.78, 5) is 13.9. The number of nitrogens with one attached hydrogen (secondary N) is 1. The number of benzene rings is 1. The average molecular weight is 256 g/mol. The summed E-state index contributed by atoms with van der Waals surface area (Å²) in [5, 5.41) is 13.1. The minimum absolute atomic E-state index is 0.132. The molecular formula is C14H16N4O. The number of nitrogens with zero attached hydrogens (tertiary/aromatic N) is 3. The SMILES string of the molecule is O=C(CNc1nncc2ccccc12)N1CCCC1. The average Bonchev–Trinajstić information content (AvgIpc) is 2.99. The molecule has 98 valence electrons. The molecular weight excluding hydrogens is 240 g/mol. The van der Waals surface area contributed by atoms with Gasteiger partial charge in [-0.05, 0) is 12.8 Å². The number of likely N-dealkylation sites (tertiary alicyclic amines) is 1. The number of hydrogen-bond acceptors (Lipinski definition) is 4. The molecule has 0 radical (unpaired) electrons. The summed E-state index contributed by atoms with van der Waals surface area (Å²) in [6, 6.07) is 7.88. The zero-order valence-electron chi connectivity index (χ0n) is 10.7. The molecule has 0 unspecified atom stereocenters. The zero-order chi connectivity index (χ0) is 13.1. The Bertz CT molecular complexity index is 588. The molecule has 1 aliphatic rings. The second kappa shape index (κ2) is 5.22. The summed E-state index contributed by atoms with van der Waals surface area (Å²) in [5.74, 6) is 0.804. The molecule has 0 saturated carbocycles. The van der Waals surface area contributed by atoms with Gasteiger partial charge in [-0.15, -0.1) is 5.10 Å². The van der Waals surface area contributed by atoms with Crippen molar-refractivity contribution in [3.63, 3.8) is 0 Å². The fourth-order valence-corrected chi connectivity index (χ4v) is 2.40. The largest absolute Gasteiger partial charge is 0.359 e. The van der Waals surface area contributed by atoms with Crippen molar-refractivity contribution in [3.8, 4) is 0 Å². The highest BCUT2D eigenvalue weighted by Crippen LogP contribution is 2.19. The quantitative estimate of drug-likeness (QED) is 0.907. The molecule has 1 aliphatic heterocycles. The molecule has 19 heavy (non-hydrogen) atoms. The maximum Gasteiger partial charge on any atom is 0.241 e. The second-order valence-electron chi connectivity index (χ2n) is 4.72. The van der Waals surface area contributed by atoms with Gasteiger partial charge in [-0.3, -0.25) is 4.79 Å². The number of rotatable bonds is 3. The summed E-state index contributed by atoms with van der Waals surface area (Å²) in [7, 11) is 0. The van der Waals surface area contributed by atoms with Crippen LogP contribution in [-0.4, -0.2) is 40.6 Å². The normalized spacial score (nSPS) is 14.8. The first-order valence-electron chi connectivity index (χ1n) is 6.57. The number of carbonyl (C=O) groups is 1. The van der Waals surface area contributed by atoms with Crippen molar-refractivity contribution >= 4 is 22.5 Å². The number of carbonyl (C=O) groups excluding carboxylic acids is 1. The first-order valence-corrected chi connectivity index (χ1v) is 6.57. The van der Waals surface area contributed by atoms with E-state index < -0.39 is 0 Å². The lowest BCUT2D eigenvalue weighted by Gasteiger charge is -2.15. The van der Waals surface area contributed by atoms with Crippen molar-refractivity contribution in [2.24, 2.45) is 0 Å². The molecule has 0 aliphatic carbocycles. The molecule has 0 atom stereocenters. The Hall–Kier alpha value is -2.17.